The molecule has 1 spiro atoms. The van der Waals surface area contributed by atoms with Crippen LogP contribution in [-0.4, -0.2) is 15.0 Å². The van der Waals surface area contributed by atoms with E-state index in [1.165, 1.54) is 63.8 Å². The summed E-state index contributed by atoms with van der Waals surface area (Å²) in [5, 5.41) is 0. The Morgan fingerprint density at radius 1 is 0.375 bits per heavy atom. The predicted octanol–water partition coefficient (Wildman–Crippen LogP) is 13.7. The molecule has 266 valence electrons. The zero-order chi connectivity index (χ0) is 37.5. The van der Waals surface area contributed by atoms with Crippen molar-refractivity contribution in [2.75, 3.05) is 0 Å². The van der Waals surface area contributed by atoms with Crippen LogP contribution in [-0.2, 0) is 5.41 Å². The van der Waals surface area contributed by atoms with Crippen molar-refractivity contribution < 1.29 is 0 Å². The van der Waals surface area contributed by atoms with E-state index in [2.05, 4.69) is 108 Å². The van der Waals surface area contributed by atoms with E-state index in [0.717, 1.165) is 46.3 Å². The molecule has 7 aromatic carbocycles. The molecule has 0 amide bonds. The highest BCUT2D eigenvalue weighted by atomic mass is 15.0. The van der Waals surface area contributed by atoms with Crippen LogP contribution in [0.3, 0.4) is 0 Å². The molecule has 0 N–H and O–H groups in total. The van der Waals surface area contributed by atoms with Crippen molar-refractivity contribution in [1.82, 2.24) is 15.0 Å². The van der Waals surface area contributed by atoms with E-state index < -0.39 is 0 Å². The van der Waals surface area contributed by atoms with Crippen LogP contribution in [0.1, 0.15) is 43.2 Å². The molecule has 0 radical (unpaired) electrons. The van der Waals surface area contributed by atoms with Crippen LogP contribution < -0.4 is 0 Å². The second-order valence-corrected chi connectivity index (χ2v) is 15.0. The van der Waals surface area contributed by atoms with Gasteiger partial charge in [0, 0.05) is 22.1 Å². The summed E-state index contributed by atoms with van der Waals surface area (Å²) in [5.74, 6) is 1.96. The van der Waals surface area contributed by atoms with E-state index in [0.29, 0.717) is 17.5 Å². The van der Waals surface area contributed by atoms with Crippen molar-refractivity contribution in [2.45, 2.75) is 37.5 Å². The Morgan fingerprint density at radius 3 is 1.32 bits per heavy atom. The molecular weight excluding hydrogens is 681 g/mol. The number of rotatable bonds is 6. The lowest BCUT2D eigenvalue weighted by Gasteiger charge is -2.36. The Kier molecular flexibility index (Phi) is 8.42. The largest absolute Gasteiger partial charge is 0.238 e. The lowest BCUT2D eigenvalue weighted by atomic mass is 9.67. The molecule has 0 saturated heterocycles. The van der Waals surface area contributed by atoms with E-state index in [1.54, 1.807) is 0 Å². The molecule has 4 heteroatoms. The molecule has 2 aliphatic rings. The highest BCUT2D eigenvalue weighted by molar-refractivity contribution is 5.86. The number of hydrogen-bond donors (Lipinski definition) is 0. The second-order valence-electron chi connectivity index (χ2n) is 15.0. The molecule has 0 aliphatic heterocycles. The van der Waals surface area contributed by atoms with Gasteiger partial charge in [-0.15, -0.1) is 0 Å². The average molecular weight is 719 g/mol. The SMILES string of the molecule is [C-]#[N+]c1ccc2c(c1)C1(CCCCC1)c1cc(-c3cccc(-c4cccc(-c5ccc(-c6nc(-c7ccccc7)nc(-c7ccccc7)n6)cc5)c4)c3)ccc1-2. The topological polar surface area (TPSA) is 43.0 Å². The van der Waals surface area contributed by atoms with Crippen molar-refractivity contribution in [3.8, 4) is 78.7 Å². The number of hydrogen-bond acceptors (Lipinski definition) is 3. The van der Waals surface area contributed by atoms with Gasteiger partial charge in [0.2, 0.25) is 0 Å². The van der Waals surface area contributed by atoms with Gasteiger partial charge in [-0.25, -0.2) is 19.8 Å². The summed E-state index contributed by atoms with van der Waals surface area (Å²) < 4.78 is 0. The molecule has 0 unspecified atom stereocenters. The first-order valence-corrected chi connectivity index (χ1v) is 19.5. The normalized spacial score (nSPS) is 13.8. The average Bonchev–Trinajstić information content (AvgIpc) is 3.54. The first-order valence-electron chi connectivity index (χ1n) is 19.5. The van der Waals surface area contributed by atoms with Gasteiger partial charge < -0.3 is 0 Å². The van der Waals surface area contributed by atoms with Gasteiger partial charge in [0.05, 0.1) is 6.57 Å². The van der Waals surface area contributed by atoms with Crippen LogP contribution in [0.25, 0.3) is 83.5 Å². The van der Waals surface area contributed by atoms with Crippen molar-refractivity contribution in [3.63, 3.8) is 0 Å². The third kappa shape index (κ3) is 5.99. The van der Waals surface area contributed by atoms with Crippen molar-refractivity contribution >= 4 is 5.69 Å². The summed E-state index contributed by atoms with van der Waals surface area (Å²) in [6.07, 6.45) is 6.02. The van der Waals surface area contributed by atoms with Gasteiger partial charge in [-0.2, -0.15) is 0 Å². The Balaban J connectivity index is 0.959. The lowest BCUT2D eigenvalue weighted by Crippen LogP contribution is -2.28. The number of fused-ring (bicyclic) bond motifs is 5. The third-order valence-electron chi connectivity index (χ3n) is 11.7. The molecule has 4 nitrogen and oxygen atoms in total. The monoisotopic (exact) mass is 718 g/mol. The van der Waals surface area contributed by atoms with Crippen LogP contribution in [0.2, 0.25) is 0 Å². The summed E-state index contributed by atoms with van der Waals surface area (Å²) in [5.41, 5.74) is 16.1. The van der Waals surface area contributed by atoms with E-state index in [9.17, 15) is 0 Å². The predicted molar refractivity (Wildman–Crippen MR) is 228 cm³/mol. The summed E-state index contributed by atoms with van der Waals surface area (Å²) >= 11 is 0. The molecule has 8 aromatic rings. The van der Waals surface area contributed by atoms with E-state index in [-0.39, 0.29) is 5.41 Å². The molecule has 0 bridgehead atoms. The van der Waals surface area contributed by atoms with Crippen LogP contribution in [0, 0.1) is 6.57 Å². The van der Waals surface area contributed by atoms with Gasteiger partial charge in [0.15, 0.2) is 23.2 Å². The molecule has 1 fully saturated rings. The quantitative estimate of drug-likeness (QED) is 0.161. The number of nitrogens with zero attached hydrogens (tertiary/aromatic N) is 4. The van der Waals surface area contributed by atoms with Gasteiger partial charge in [-0.05, 0) is 86.7 Å². The van der Waals surface area contributed by atoms with Crippen molar-refractivity contribution in [2.24, 2.45) is 0 Å². The Bertz CT molecular complexity index is 2720. The summed E-state index contributed by atoms with van der Waals surface area (Å²) in [4.78, 5) is 18.5. The fourth-order valence-electron chi connectivity index (χ4n) is 8.93. The Hall–Kier alpha value is -6.96. The van der Waals surface area contributed by atoms with Gasteiger partial charge in [0.1, 0.15) is 0 Å². The van der Waals surface area contributed by atoms with Gasteiger partial charge in [-0.3, -0.25) is 0 Å². The van der Waals surface area contributed by atoms with Gasteiger partial charge in [-0.1, -0.05) is 171 Å². The first kappa shape index (κ1) is 33.6. The summed E-state index contributed by atoms with van der Waals surface area (Å²) in [6, 6.07) is 59.8. The standard InChI is InChI=1S/C52H38N4/c1-53-44-26-28-46-45-27-25-43(33-47(45)52(48(46)34-44)29-9-4-10-30-52)42-20-12-19-41(32-42)40-18-11-17-39(31-40)35-21-23-38(24-22-35)51-55-49(36-13-5-2-6-14-36)54-50(56-51)37-15-7-3-8-16-37/h2-3,5-8,11-28,31-34H,4,9-10,29-30H2. The molecule has 10 rings (SSSR count). The number of aromatic nitrogens is 3. The van der Waals surface area contributed by atoms with Crippen LogP contribution in [0.15, 0.2) is 170 Å². The molecule has 1 aromatic heterocycles. The van der Waals surface area contributed by atoms with Crippen LogP contribution in [0.5, 0.6) is 0 Å². The molecule has 56 heavy (non-hydrogen) atoms. The van der Waals surface area contributed by atoms with Crippen LogP contribution >= 0.6 is 0 Å². The summed E-state index contributed by atoms with van der Waals surface area (Å²) in [6.45, 7) is 7.69. The van der Waals surface area contributed by atoms with Crippen molar-refractivity contribution in [1.29, 1.82) is 0 Å². The minimum absolute atomic E-state index is 0.000983. The van der Waals surface area contributed by atoms with E-state index >= 15 is 0 Å². The molecule has 2 aliphatic carbocycles. The van der Waals surface area contributed by atoms with Gasteiger partial charge >= 0.3 is 0 Å². The van der Waals surface area contributed by atoms with E-state index in [4.69, 9.17) is 21.5 Å². The number of benzene rings is 7. The molecule has 0 atom stereocenters. The highest BCUT2D eigenvalue weighted by Gasteiger charge is 2.43. The fourth-order valence-corrected chi connectivity index (χ4v) is 8.93. The maximum atomic E-state index is 7.69. The summed E-state index contributed by atoms with van der Waals surface area (Å²) in [7, 11) is 0. The first-order chi connectivity index (χ1) is 27.6. The van der Waals surface area contributed by atoms with E-state index in [1.807, 2.05) is 66.7 Å². The molecular formula is C52H38N4. The fraction of sp³-hybridized carbons (Fsp3) is 0.115. The second kappa shape index (κ2) is 14.0. The van der Waals surface area contributed by atoms with Crippen LogP contribution in [0.4, 0.5) is 5.69 Å². The minimum atomic E-state index is -0.000983. The smallest absolute Gasteiger partial charge is 0.187 e. The van der Waals surface area contributed by atoms with Gasteiger partial charge in [0.25, 0.3) is 0 Å². The lowest BCUT2D eigenvalue weighted by molar-refractivity contribution is 0.353. The highest BCUT2D eigenvalue weighted by Crippen LogP contribution is 2.57. The maximum absolute atomic E-state index is 7.69. The van der Waals surface area contributed by atoms with Crippen molar-refractivity contribution in [3.05, 3.63) is 192 Å². The molecule has 1 heterocycles. The zero-order valence-electron chi connectivity index (χ0n) is 31.0. The zero-order valence-corrected chi connectivity index (χ0v) is 31.0. The minimum Gasteiger partial charge on any atom is -0.238 e. The Morgan fingerprint density at radius 2 is 0.786 bits per heavy atom. The Labute approximate surface area is 328 Å². The maximum Gasteiger partial charge on any atom is 0.187 e. The third-order valence-corrected chi connectivity index (χ3v) is 11.7. The molecule has 1 saturated carbocycles.